The number of aromatic nitrogens is 3. The Morgan fingerprint density at radius 2 is 1.62 bits per heavy atom. The molecule has 2 N–H and O–H groups in total. The fourth-order valence-corrected chi connectivity index (χ4v) is 4.50. The van der Waals surface area contributed by atoms with Gasteiger partial charge in [0.15, 0.2) is 5.69 Å². The molecule has 0 spiro atoms. The summed E-state index contributed by atoms with van der Waals surface area (Å²) in [5, 5.41) is 5.91. The van der Waals surface area contributed by atoms with E-state index in [0.717, 1.165) is 29.8 Å². The molecule has 8 nitrogen and oxygen atoms in total. The molecule has 9 heteroatoms. The molecule has 0 fully saturated rings. The van der Waals surface area contributed by atoms with Crippen molar-refractivity contribution in [2.45, 2.75) is 39.7 Å². The highest BCUT2D eigenvalue weighted by Gasteiger charge is 2.21. The summed E-state index contributed by atoms with van der Waals surface area (Å²) in [7, 11) is 0. The Bertz CT molecular complexity index is 1390. The van der Waals surface area contributed by atoms with E-state index in [4.69, 9.17) is 0 Å². The van der Waals surface area contributed by atoms with Gasteiger partial charge in [-0.3, -0.25) is 25.2 Å². The molecule has 4 aromatic rings. The average molecular weight is 476 g/mol. The van der Waals surface area contributed by atoms with E-state index in [1.807, 2.05) is 37.3 Å². The predicted molar refractivity (Wildman–Crippen MR) is 133 cm³/mol. The van der Waals surface area contributed by atoms with Crippen LogP contribution in [0, 0.1) is 6.92 Å². The Labute approximate surface area is 200 Å². The number of rotatable bonds is 7. The van der Waals surface area contributed by atoms with Crippen LogP contribution in [0.5, 0.6) is 0 Å². The molecule has 174 valence electrons. The van der Waals surface area contributed by atoms with Crippen LogP contribution in [-0.4, -0.2) is 26.6 Å². The molecule has 2 aromatic carbocycles. The van der Waals surface area contributed by atoms with Gasteiger partial charge in [-0.1, -0.05) is 68.3 Å². The van der Waals surface area contributed by atoms with Gasteiger partial charge in [-0.2, -0.15) is 5.10 Å². The lowest BCUT2D eigenvalue weighted by Gasteiger charge is -2.12. The molecule has 0 saturated heterocycles. The van der Waals surface area contributed by atoms with Crippen LogP contribution in [0.15, 0.2) is 59.4 Å². The largest absolute Gasteiger partial charge is 0.290 e. The van der Waals surface area contributed by atoms with Gasteiger partial charge in [-0.05, 0) is 19.4 Å². The van der Waals surface area contributed by atoms with Crippen LogP contribution < -0.4 is 16.4 Å². The molecule has 0 radical (unpaired) electrons. The SMILES string of the molecule is CCCCCn1nc(C(=O)NNC(=O)c2sc(C)nc2-c2ccccc2)c2ccccc2c1=O. The Balaban J connectivity index is 1.58. The van der Waals surface area contributed by atoms with E-state index in [0.29, 0.717) is 27.9 Å². The van der Waals surface area contributed by atoms with Gasteiger partial charge in [0.05, 0.1) is 16.1 Å². The third-order valence-electron chi connectivity index (χ3n) is 5.33. The van der Waals surface area contributed by atoms with E-state index >= 15 is 0 Å². The average Bonchev–Trinajstić information content (AvgIpc) is 3.26. The minimum atomic E-state index is -0.601. The zero-order valence-corrected chi connectivity index (χ0v) is 19.8. The molecule has 0 aliphatic rings. The molecular formula is C25H25N5O3S. The summed E-state index contributed by atoms with van der Waals surface area (Å²) in [6, 6.07) is 16.2. The lowest BCUT2D eigenvalue weighted by atomic mass is 10.1. The first-order valence-electron chi connectivity index (χ1n) is 11.1. The summed E-state index contributed by atoms with van der Waals surface area (Å²) >= 11 is 1.25. The van der Waals surface area contributed by atoms with E-state index in [9.17, 15) is 14.4 Å². The second-order valence-electron chi connectivity index (χ2n) is 7.81. The highest BCUT2D eigenvalue weighted by atomic mass is 32.1. The third kappa shape index (κ3) is 4.89. The van der Waals surface area contributed by atoms with Gasteiger partial charge >= 0.3 is 0 Å². The quantitative estimate of drug-likeness (QED) is 0.309. The smallest absolute Gasteiger partial charge is 0.267 e. The number of benzene rings is 2. The maximum Gasteiger partial charge on any atom is 0.290 e. The van der Waals surface area contributed by atoms with Gasteiger partial charge in [0.1, 0.15) is 4.88 Å². The van der Waals surface area contributed by atoms with Crippen LogP contribution in [0.25, 0.3) is 22.0 Å². The summed E-state index contributed by atoms with van der Waals surface area (Å²) in [6.45, 7) is 4.32. The second kappa shape index (κ2) is 10.4. The van der Waals surface area contributed by atoms with Crippen molar-refractivity contribution in [2.75, 3.05) is 0 Å². The highest BCUT2D eigenvalue weighted by molar-refractivity contribution is 7.14. The van der Waals surface area contributed by atoms with Gasteiger partial charge in [0.25, 0.3) is 17.4 Å². The molecule has 34 heavy (non-hydrogen) atoms. The first-order valence-corrected chi connectivity index (χ1v) is 11.9. The topological polar surface area (TPSA) is 106 Å². The molecule has 0 unspecified atom stereocenters. The summed E-state index contributed by atoms with van der Waals surface area (Å²) in [5.41, 5.74) is 6.15. The number of carbonyl (C=O) groups is 2. The number of hydrogen-bond acceptors (Lipinski definition) is 6. The standard InChI is InChI=1S/C25H25N5O3S/c1-3-4-10-15-30-25(33)19-14-9-8-13-18(19)21(29-30)23(31)27-28-24(32)22-20(26-16(2)34-22)17-11-6-5-7-12-17/h5-9,11-14H,3-4,10,15H2,1-2H3,(H,27,31)(H,28,32). The van der Waals surface area contributed by atoms with Crippen LogP contribution in [0.3, 0.4) is 0 Å². The summed E-state index contributed by atoms with van der Waals surface area (Å²) in [5.74, 6) is -1.07. The predicted octanol–water partition coefficient (Wildman–Crippen LogP) is 4.09. The van der Waals surface area contributed by atoms with E-state index in [1.54, 1.807) is 24.3 Å². The van der Waals surface area contributed by atoms with Crippen LogP contribution >= 0.6 is 11.3 Å². The summed E-state index contributed by atoms with van der Waals surface area (Å²) < 4.78 is 1.33. The van der Waals surface area contributed by atoms with Crippen LogP contribution in [0.2, 0.25) is 0 Å². The number of carbonyl (C=O) groups excluding carboxylic acids is 2. The minimum absolute atomic E-state index is 0.0794. The maximum atomic E-state index is 13.0. The number of thiazole rings is 1. The minimum Gasteiger partial charge on any atom is -0.267 e. The van der Waals surface area contributed by atoms with Gasteiger partial charge in [0.2, 0.25) is 0 Å². The summed E-state index contributed by atoms with van der Waals surface area (Å²) in [4.78, 5) is 43.6. The Morgan fingerprint density at radius 1 is 0.941 bits per heavy atom. The molecule has 0 aliphatic heterocycles. The van der Waals surface area contributed by atoms with Crippen molar-refractivity contribution in [2.24, 2.45) is 0 Å². The van der Waals surface area contributed by atoms with Gasteiger partial charge < -0.3 is 0 Å². The number of nitrogens with zero attached hydrogens (tertiary/aromatic N) is 3. The molecule has 0 saturated carbocycles. The number of unbranched alkanes of at least 4 members (excludes halogenated alkanes) is 2. The molecule has 2 aromatic heterocycles. The maximum absolute atomic E-state index is 13.0. The normalized spacial score (nSPS) is 10.9. The van der Waals surface area contributed by atoms with E-state index < -0.39 is 11.8 Å². The van der Waals surface area contributed by atoms with Crippen molar-refractivity contribution >= 4 is 33.9 Å². The number of aryl methyl sites for hydroxylation is 2. The number of fused-ring (bicyclic) bond motifs is 1. The van der Waals surface area contributed by atoms with Gasteiger partial charge in [-0.25, -0.2) is 9.67 Å². The third-order valence-corrected chi connectivity index (χ3v) is 6.30. The van der Waals surface area contributed by atoms with Crippen molar-refractivity contribution in [3.05, 3.63) is 80.5 Å². The van der Waals surface area contributed by atoms with E-state index in [2.05, 4.69) is 27.9 Å². The molecule has 2 amide bonds. The number of amides is 2. The Hall–Kier alpha value is -3.85. The summed E-state index contributed by atoms with van der Waals surface area (Å²) in [6.07, 6.45) is 2.74. The van der Waals surface area contributed by atoms with Gasteiger partial charge in [-0.15, -0.1) is 11.3 Å². The number of hydrogen-bond donors (Lipinski definition) is 2. The zero-order chi connectivity index (χ0) is 24.1. The first kappa shape index (κ1) is 23.3. The molecule has 0 aliphatic carbocycles. The molecule has 0 atom stereocenters. The van der Waals surface area contributed by atoms with E-state index in [-0.39, 0.29) is 11.3 Å². The molecular weight excluding hydrogens is 450 g/mol. The van der Waals surface area contributed by atoms with Crippen LogP contribution in [0.1, 0.15) is 51.4 Å². The molecule has 0 bridgehead atoms. The Morgan fingerprint density at radius 3 is 2.35 bits per heavy atom. The first-order chi connectivity index (χ1) is 16.5. The lowest BCUT2D eigenvalue weighted by Crippen LogP contribution is -2.42. The van der Waals surface area contributed by atoms with Crippen molar-refractivity contribution in [1.82, 2.24) is 25.6 Å². The van der Waals surface area contributed by atoms with Crippen LogP contribution in [-0.2, 0) is 6.54 Å². The van der Waals surface area contributed by atoms with Crippen molar-refractivity contribution in [1.29, 1.82) is 0 Å². The zero-order valence-electron chi connectivity index (χ0n) is 19.0. The Kier molecular flexibility index (Phi) is 7.12. The second-order valence-corrected chi connectivity index (χ2v) is 9.02. The van der Waals surface area contributed by atoms with Gasteiger partial charge in [0, 0.05) is 17.5 Å². The number of hydrazine groups is 1. The van der Waals surface area contributed by atoms with Crippen molar-refractivity contribution in [3.8, 4) is 11.3 Å². The highest BCUT2D eigenvalue weighted by Crippen LogP contribution is 2.27. The van der Waals surface area contributed by atoms with E-state index in [1.165, 1.54) is 16.0 Å². The van der Waals surface area contributed by atoms with Crippen molar-refractivity contribution < 1.29 is 9.59 Å². The molecule has 2 heterocycles. The fraction of sp³-hybridized carbons (Fsp3) is 0.240. The van der Waals surface area contributed by atoms with Crippen molar-refractivity contribution in [3.63, 3.8) is 0 Å². The fourth-order valence-electron chi connectivity index (χ4n) is 3.67. The number of nitrogens with one attached hydrogen (secondary N) is 2. The monoisotopic (exact) mass is 475 g/mol. The molecule has 4 rings (SSSR count). The van der Waals surface area contributed by atoms with Crippen LogP contribution in [0.4, 0.5) is 0 Å². The lowest BCUT2D eigenvalue weighted by molar-refractivity contribution is 0.0846.